The van der Waals surface area contributed by atoms with E-state index in [1.807, 2.05) is 36.4 Å². The van der Waals surface area contributed by atoms with Crippen LogP contribution < -0.4 is 0 Å². The fourth-order valence-electron chi connectivity index (χ4n) is 1.13. The van der Waals surface area contributed by atoms with Crippen LogP contribution in [-0.2, 0) is 0 Å². The summed E-state index contributed by atoms with van der Waals surface area (Å²) in [6, 6.07) is 9.62. The monoisotopic (exact) mass is 188 g/mol. The van der Waals surface area contributed by atoms with E-state index in [1.165, 1.54) is 0 Å². The minimum absolute atomic E-state index is 0.398. The second-order valence-corrected chi connectivity index (χ2v) is 2.96. The second-order valence-electron chi connectivity index (χ2n) is 2.96. The predicted molar refractivity (Wildman–Crippen MR) is 53.7 cm³/mol. The van der Waals surface area contributed by atoms with Crippen molar-refractivity contribution in [1.29, 1.82) is 0 Å². The molecular weight excluding hydrogens is 180 g/mol. The topological polar surface area (TPSA) is 55.5 Å². The lowest BCUT2D eigenvalue weighted by atomic mass is 10.2. The molecule has 0 aromatic heterocycles. The zero-order chi connectivity index (χ0) is 9.97. The first-order valence-corrected chi connectivity index (χ1v) is 4.22. The summed E-state index contributed by atoms with van der Waals surface area (Å²) in [4.78, 5) is 13.5. The molecule has 0 amide bonds. The summed E-state index contributed by atoms with van der Waals surface area (Å²) in [6.45, 7) is 0. The Kier molecular flexibility index (Phi) is 2.10. The highest BCUT2D eigenvalue weighted by atomic mass is 16.6. The molecule has 1 aliphatic heterocycles. The fourth-order valence-corrected chi connectivity index (χ4v) is 1.13. The minimum Gasteiger partial charge on any atom is -0.262 e. The van der Waals surface area contributed by atoms with E-state index in [0.29, 0.717) is 5.71 Å². The molecular formula is C10H8N2O2. The van der Waals surface area contributed by atoms with Gasteiger partial charge in [-0.2, -0.15) is 0 Å². The van der Waals surface area contributed by atoms with Crippen LogP contribution >= 0.6 is 0 Å². The van der Waals surface area contributed by atoms with Gasteiger partial charge in [0.15, 0.2) is 0 Å². The molecule has 1 atom stereocenters. The normalized spacial score (nSPS) is 19.4. The van der Waals surface area contributed by atoms with Gasteiger partial charge >= 0.3 is 6.17 Å². The van der Waals surface area contributed by atoms with Gasteiger partial charge in [-0.05, 0) is 11.6 Å². The number of rotatable bonds is 3. The molecule has 1 aliphatic rings. The Labute approximate surface area is 80.7 Å². The van der Waals surface area contributed by atoms with Crippen molar-refractivity contribution in [2.24, 2.45) is 4.99 Å². The Hall–Kier alpha value is -1.97. The van der Waals surface area contributed by atoms with Gasteiger partial charge in [-0.15, -0.1) is 0 Å². The Bertz CT molecular complexity index is 409. The number of nitrogens with zero attached hydrogens (tertiary/aromatic N) is 2. The molecule has 0 bridgehead atoms. The molecule has 2 rings (SSSR count). The van der Waals surface area contributed by atoms with Gasteiger partial charge in [0.05, 0.1) is 4.92 Å². The number of hydrogen-bond acceptors (Lipinski definition) is 3. The van der Waals surface area contributed by atoms with Crippen LogP contribution in [0, 0.1) is 10.1 Å². The SMILES string of the molecule is O=[N+]([O-])C1N=C1/C=C/c1ccccc1. The summed E-state index contributed by atoms with van der Waals surface area (Å²) in [5.41, 5.74) is 1.56. The highest BCUT2D eigenvalue weighted by Gasteiger charge is 2.36. The lowest BCUT2D eigenvalue weighted by Gasteiger charge is -1.88. The zero-order valence-corrected chi connectivity index (χ0v) is 7.33. The second kappa shape index (κ2) is 3.41. The van der Waals surface area contributed by atoms with Gasteiger partial charge in [0, 0.05) is 0 Å². The van der Waals surface area contributed by atoms with E-state index < -0.39 is 11.1 Å². The predicted octanol–water partition coefficient (Wildman–Crippen LogP) is 1.76. The smallest absolute Gasteiger partial charge is 0.262 e. The van der Waals surface area contributed by atoms with Crippen molar-refractivity contribution in [1.82, 2.24) is 0 Å². The highest BCUT2D eigenvalue weighted by molar-refractivity contribution is 6.09. The average molecular weight is 188 g/mol. The zero-order valence-electron chi connectivity index (χ0n) is 7.33. The van der Waals surface area contributed by atoms with Crippen LogP contribution in [0.2, 0.25) is 0 Å². The summed E-state index contributed by atoms with van der Waals surface area (Å²) in [5.74, 6) is 0. The van der Waals surface area contributed by atoms with Gasteiger partial charge in [0.25, 0.3) is 0 Å². The summed E-state index contributed by atoms with van der Waals surface area (Å²) in [5, 5.41) is 10.2. The molecule has 0 saturated carbocycles. The van der Waals surface area contributed by atoms with Gasteiger partial charge < -0.3 is 0 Å². The molecule has 1 aromatic rings. The highest BCUT2D eigenvalue weighted by Crippen LogP contribution is 2.14. The molecule has 0 spiro atoms. The molecule has 4 heteroatoms. The fraction of sp³-hybridized carbons (Fsp3) is 0.100. The van der Waals surface area contributed by atoms with Gasteiger partial charge in [0.1, 0.15) is 5.71 Å². The van der Waals surface area contributed by atoms with E-state index in [0.717, 1.165) is 5.56 Å². The van der Waals surface area contributed by atoms with Crippen LogP contribution in [0.5, 0.6) is 0 Å². The van der Waals surface area contributed by atoms with E-state index in [9.17, 15) is 10.1 Å². The van der Waals surface area contributed by atoms with Gasteiger partial charge in [-0.3, -0.25) is 10.1 Å². The van der Waals surface area contributed by atoms with Crippen molar-refractivity contribution in [3.8, 4) is 0 Å². The van der Waals surface area contributed by atoms with E-state index in [4.69, 9.17) is 0 Å². The van der Waals surface area contributed by atoms with Crippen LogP contribution in [0.4, 0.5) is 0 Å². The van der Waals surface area contributed by atoms with Gasteiger partial charge in [0.2, 0.25) is 0 Å². The molecule has 0 N–H and O–H groups in total. The Morgan fingerprint density at radius 2 is 2.00 bits per heavy atom. The number of aliphatic imine (C=N–C) groups is 1. The molecule has 1 aromatic carbocycles. The Morgan fingerprint density at radius 3 is 2.57 bits per heavy atom. The largest absolute Gasteiger partial charge is 0.346 e. The van der Waals surface area contributed by atoms with Crippen molar-refractivity contribution in [2.75, 3.05) is 0 Å². The number of benzene rings is 1. The Balaban J connectivity index is 1.97. The van der Waals surface area contributed by atoms with Crippen molar-refractivity contribution in [3.05, 3.63) is 52.1 Å². The van der Waals surface area contributed by atoms with Crippen LogP contribution in [0.25, 0.3) is 6.08 Å². The molecule has 0 fully saturated rings. The molecule has 1 unspecified atom stereocenters. The first kappa shape index (κ1) is 8.62. The quantitative estimate of drug-likeness (QED) is 0.536. The third-order valence-corrected chi connectivity index (χ3v) is 1.91. The summed E-state index contributed by atoms with van der Waals surface area (Å²) < 4.78 is 0. The van der Waals surface area contributed by atoms with Crippen molar-refractivity contribution in [3.63, 3.8) is 0 Å². The molecule has 70 valence electrons. The van der Waals surface area contributed by atoms with Crippen LogP contribution in [0.3, 0.4) is 0 Å². The van der Waals surface area contributed by atoms with E-state index in [1.54, 1.807) is 6.08 Å². The van der Waals surface area contributed by atoms with Crippen molar-refractivity contribution in [2.45, 2.75) is 6.17 Å². The van der Waals surface area contributed by atoms with Crippen molar-refractivity contribution >= 4 is 11.8 Å². The van der Waals surface area contributed by atoms with E-state index in [-0.39, 0.29) is 0 Å². The third kappa shape index (κ3) is 1.85. The lowest BCUT2D eigenvalue weighted by Crippen LogP contribution is -2.07. The molecule has 0 aliphatic carbocycles. The first-order valence-electron chi connectivity index (χ1n) is 4.22. The van der Waals surface area contributed by atoms with Crippen LogP contribution in [0.1, 0.15) is 5.56 Å². The van der Waals surface area contributed by atoms with Crippen molar-refractivity contribution < 1.29 is 4.92 Å². The average Bonchev–Trinajstić information content (AvgIpc) is 2.96. The third-order valence-electron chi connectivity index (χ3n) is 1.91. The number of nitro groups is 1. The van der Waals surface area contributed by atoms with E-state index in [2.05, 4.69) is 4.99 Å². The molecule has 1 heterocycles. The minimum atomic E-state index is -0.796. The summed E-state index contributed by atoms with van der Waals surface area (Å²) in [7, 11) is 0. The maximum absolute atomic E-state index is 10.2. The van der Waals surface area contributed by atoms with Gasteiger partial charge in [-0.1, -0.05) is 36.4 Å². The number of hydrogen-bond donors (Lipinski definition) is 0. The molecule has 0 saturated heterocycles. The molecule has 14 heavy (non-hydrogen) atoms. The molecule has 4 nitrogen and oxygen atoms in total. The Morgan fingerprint density at radius 1 is 1.29 bits per heavy atom. The van der Waals surface area contributed by atoms with E-state index >= 15 is 0 Å². The summed E-state index contributed by atoms with van der Waals surface area (Å²) >= 11 is 0. The summed E-state index contributed by atoms with van der Waals surface area (Å²) in [6.07, 6.45) is 2.71. The standard InChI is InChI=1S/C10H8N2O2/c13-12(14)10-9(11-10)7-6-8-4-2-1-3-5-8/h1-7,10H/b7-6+. The lowest BCUT2D eigenvalue weighted by molar-refractivity contribution is -0.490. The molecule has 0 radical (unpaired) electrons. The van der Waals surface area contributed by atoms with Crippen LogP contribution in [0.15, 0.2) is 41.4 Å². The van der Waals surface area contributed by atoms with Crippen LogP contribution in [-0.4, -0.2) is 16.8 Å². The van der Waals surface area contributed by atoms with Gasteiger partial charge in [-0.25, -0.2) is 4.99 Å². The maximum Gasteiger partial charge on any atom is 0.346 e. The maximum atomic E-state index is 10.2. The first-order chi connectivity index (χ1) is 6.77.